The minimum absolute atomic E-state index is 0.854. The number of rotatable bonds is 2. The molecule has 0 unspecified atom stereocenters. The fraction of sp³-hybridized carbons (Fsp3) is 0.455. The summed E-state index contributed by atoms with van der Waals surface area (Å²) in [6.45, 7) is 2.42. The first kappa shape index (κ1) is 9.87. The molecule has 0 amide bonds. The van der Waals surface area contributed by atoms with Gasteiger partial charge in [-0.15, -0.1) is 0 Å². The van der Waals surface area contributed by atoms with E-state index in [1.165, 1.54) is 37.2 Å². The molecule has 76 valence electrons. The van der Waals surface area contributed by atoms with E-state index in [4.69, 9.17) is 5.73 Å². The number of hydrogen-bond donors (Lipinski definition) is 1. The van der Waals surface area contributed by atoms with Gasteiger partial charge in [0.1, 0.15) is 0 Å². The highest BCUT2D eigenvalue weighted by Gasteiger charge is 2.10. The molecule has 0 bridgehead atoms. The summed E-state index contributed by atoms with van der Waals surface area (Å²) in [7, 11) is 0. The summed E-state index contributed by atoms with van der Waals surface area (Å²) in [5.74, 6) is 0. The average Bonchev–Trinajstić information content (AvgIpc) is 2.19. The second-order valence-electron chi connectivity index (χ2n) is 3.65. The van der Waals surface area contributed by atoms with Gasteiger partial charge in [0.05, 0.1) is 0 Å². The molecular weight excluding hydrogens is 192 g/mol. The SMILES string of the molecule is Nc1cccc(SN2CCCCC2)c1. The average molecular weight is 208 g/mol. The van der Waals surface area contributed by atoms with Gasteiger partial charge in [-0.2, -0.15) is 0 Å². The molecule has 0 aliphatic carbocycles. The Kier molecular flexibility index (Phi) is 3.32. The Bertz CT molecular complexity index is 295. The summed E-state index contributed by atoms with van der Waals surface area (Å²) in [6, 6.07) is 8.11. The topological polar surface area (TPSA) is 29.3 Å². The van der Waals surface area contributed by atoms with E-state index in [0.717, 1.165) is 5.69 Å². The van der Waals surface area contributed by atoms with Crippen molar-refractivity contribution in [3.05, 3.63) is 24.3 Å². The molecule has 14 heavy (non-hydrogen) atoms. The third-order valence-electron chi connectivity index (χ3n) is 2.41. The summed E-state index contributed by atoms with van der Waals surface area (Å²) in [5.41, 5.74) is 6.59. The van der Waals surface area contributed by atoms with E-state index in [2.05, 4.69) is 10.4 Å². The monoisotopic (exact) mass is 208 g/mol. The minimum atomic E-state index is 0.854. The van der Waals surface area contributed by atoms with E-state index in [0.29, 0.717) is 0 Å². The Morgan fingerprint density at radius 1 is 1.14 bits per heavy atom. The van der Waals surface area contributed by atoms with E-state index in [1.54, 1.807) is 0 Å². The van der Waals surface area contributed by atoms with Crippen molar-refractivity contribution in [2.45, 2.75) is 24.2 Å². The number of nitrogens with two attached hydrogens (primary N) is 1. The summed E-state index contributed by atoms with van der Waals surface area (Å²) < 4.78 is 2.43. The lowest BCUT2D eigenvalue weighted by Crippen LogP contribution is -2.22. The van der Waals surface area contributed by atoms with Gasteiger partial charge in [0.2, 0.25) is 0 Å². The number of hydrogen-bond acceptors (Lipinski definition) is 3. The standard InChI is InChI=1S/C11H16N2S/c12-10-5-4-6-11(9-10)14-13-7-2-1-3-8-13/h4-6,9H,1-3,7-8,12H2. The van der Waals surface area contributed by atoms with Gasteiger partial charge >= 0.3 is 0 Å². The van der Waals surface area contributed by atoms with Gasteiger partial charge in [-0.3, -0.25) is 0 Å². The zero-order valence-corrected chi connectivity index (χ0v) is 9.09. The molecule has 1 aliphatic heterocycles. The second-order valence-corrected chi connectivity index (χ2v) is 4.82. The van der Waals surface area contributed by atoms with Crippen molar-refractivity contribution >= 4 is 17.6 Å². The van der Waals surface area contributed by atoms with Crippen molar-refractivity contribution in [2.24, 2.45) is 0 Å². The Morgan fingerprint density at radius 3 is 2.64 bits per heavy atom. The van der Waals surface area contributed by atoms with Gasteiger partial charge in [-0.1, -0.05) is 12.5 Å². The molecule has 0 atom stereocenters. The first-order chi connectivity index (χ1) is 6.84. The molecule has 2 rings (SSSR count). The van der Waals surface area contributed by atoms with Crippen LogP contribution in [0.25, 0.3) is 0 Å². The molecule has 1 saturated heterocycles. The van der Waals surface area contributed by atoms with E-state index in [9.17, 15) is 0 Å². The molecule has 1 aromatic rings. The number of nitrogens with zero attached hydrogens (tertiary/aromatic N) is 1. The van der Waals surface area contributed by atoms with Crippen LogP contribution in [-0.4, -0.2) is 17.4 Å². The molecule has 1 aliphatic rings. The van der Waals surface area contributed by atoms with E-state index in [-0.39, 0.29) is 0 Å². The van der Waals surface area contributed by atoms with E-state index in [1.807, 2.05) is 30.1 Å². The van der Waals surface area contributed by atoms with Crippen LogP contribution in [0, 0.1) is 0 Å². The predicted molar refractivity (Wildman–Crippen MR) is 62.1 cm³/mol. The fourth-order valence-electron chi connectivity index (χ4n) is 1.68. The van der Waals surface area contributed by atoms with Gasteiger partial charge in [-0.25, -0.2) is 4.31 Å². The lowest BCUT2D eigenvalue weighted by molar-refractivity contribution is 0.380. The van der Waals surface area contributed by atoms with Crippen molar-refractivity contribution in [2.75, 3.05) is 18.8 Å². The molecule has 1 fully saturated rings. The third kappa shape index (κ3) is 2.66. The Labute approximate surface area is 89.6 Å². The van der Waals surface area contributed by atoms with E-state index < -0.39 is 0 Å². The van der Waals surface area contributed by atoms with Crippen LogP contribution in [0.15, 0.2) is 29.2 Å². The Balaban J connectivity index is 1.95. The zero-order valence-electron chi connectivity index (χ0n) is 8.28. The van der Waals surface area contributed by atoms with Crippen molar-refractivity contribution in [3.8, 4) is 0 Å². The van der Waals surface area contributed by atoms with Crippen LogP contribution < -0.4 is 5.73 Å². The maximum atomic E-state index is 5.73. The van der Waals surface area contributed by atoms with Crippen LogP contribution in [0.1, 0.15) is 19.3 Å². The molecule has 2 nitrogen and oxygen atoms in total. The van der Waals surface area contributed by atoms with Crippen LogP contribution in [0.2, 0.25) is 0 Å². The third-order valence-corrected chi connectivity index (χ3v) is 3.50. The highest BCUT2D eigenvalue weighted by molar-refractivity contribution is 7.97. The molecule has 0 aromatic heterocycles. The van der Waals surface area contributed by atoms with E-state index >= 15 is 0 Å². The van der Waals surface area contributed by atoms with Crippen LogP contribution in [0.5, 0.6) is 0 Å². The summed E-state index contributed by atoms with van der Waals surface area (Å²) in [6.07, 6.45) is 4.04. The lowest BCUT2D eigenvalue weighted by Gasteiger charge is -2.25. The molecule has 0 saturated carbocycles. The normalized spacial score (nSPS) is 18.3. The molecule has 1 aromatic carbocycles. The highest BCUT2D eigenvalue weighted by atomic mass is 32.2. The summed E-state index contributed by atoms with van der Waals surface area (Å²) >= 11 is 1.83. The zero-order chi connectivity index (χ0) is 9.80. The number of benzene rings is 1. The molecular formula is C11H16N2S. The minimum Gasteiger partial charge on any atom is -0.399 e. The smallest absolute Gasteiger partial charge is 0.0325 e. The number of piperidine rings is 1. The molecule has 3 heteroatoms. The quantitative estimate of drug-likeness (QED) is 0.598. The van der Waals surface area contributed by atoms with Gasteiger partial charge in [0.15, 0.2) is 0 Å². The Morgan fingerprint density at radius 2 is 1.93 bits per heavy atom. The molecule has 0 spiro atoms. The molecule has 0 radical (unpaired) electrons. The number of anilines is 1. The first-order valence-corrected chi connectivity index (χ1v) is 5.90. The number of nitrogen functional groups attached to an aromatic ring is 1. The van der Waals surface area contributed by atoms with Gasteiger partial charge in [-0.05, 0) is 43.0 Å². The van der Waals surface area contributed by atoms with Crippen molar-refractivity contribution < 1.29 is 0 Å². The largest absolute Gasteiger partial charge is 0.399 e. The van der Waals surface area contributed by atoms with Crippen molar-refractivity contribution in [1.82, 2.24) is 4.31 Å². The van der Waals surface area contributed by atoms with Crippen LogP contribution in [0.4, 0.5) is 5.69 Å². The van der Waals surface area contributed by atoms with Gasteiger partial charge in [0, 0.05) is 23.7 Å². The molecule has 2 N–H and O–H groups in total. The van der Waals surface area contributed by atoms with Crippen LogP contribution >= 0.6 is 11.9 Å². The van der Waals surface area contributed by atoms with Crippen molar-refractivity contribution in [1.29, 1.82) is 0 Å². The van der Waals surface area contributed by atoms with Gasteiger partial charge < -0.3 is 5.73 Å². The predicted octanol–water partition coefficient (Wildman–Crippen LogP) is 2.76. The fourth-order valence-corrected chi connectivity index (χ4v) is 2.74. The summed E-state index contributed by atoms with van der Waals surface area (Å²) in [5, 5.41) is 0. The van der Waals surface area contributed by atoms with Gasteiger partial charge in [0.25, 0.3) is 0 Å². The maximum absolute atomic E-state index is 5.73. The Hall–Kier alpha value is -0.670. The molecule has 1 heterocycles. The first-order valence-electron chi connectivity index (χ1n) is 5.13. The lowest BCUT2D eigenvalue weighted by atomic mass is 10.2. The highest BCUT2D eigenvalue weighted by Crippen LogP contribution is 2.26. The maximum Gasteiger partial charge on any atom is 0.0325 e. The van der Waals surface area contributed by atoms with Crippen LogP contribution in [-0.2, 0) is 0 Å². The van der Waals surface area contributed by atoms with Crippen LogP contribution in [0.3, 0.4) is 0 Å². The summed E-state index contributed by atoms with van der Waals surface area (Å²) in [4.78, 5) is 1.26. The van der Waals surface area contributed by atoms with Crippen molar-refractivity contribution in [3.63, 3.8) is 0 Å². The second kappa shape index (κ2) is 4.71.